The number of benzene rings is 2. The molecule has 0 amide bonds. The van der Waals surface area contributed by atoms with Crippen molar-refractivity contribution >= 4 is 46.0 Å². The van der Waals surface area contributed by atoms with Gasteiger partial charge in [-0.25, -0.2) is 0 Å². The molecule has 0 atom stereocenters. The molecule has 0 unspecified atom stereocenters. The standard InChI is InChI=1S/C23H14Cl2N2O2/c24-16-7-8-19-18(11-16)21(15-4-2-1-3-5-15)22(23(29)27-19)20(28)9-6-14-10-17(25)13-26-12-14/h1-13H,(H,27,29)/b9-6+. The third-order valence-electron chi connectivity index (χ3n) is 4.44. The number of hydrogen-bond acceptors (Lipinski definition) is 3. The quantitative estimate of drug-likeness (QED) is 0.335. The lowest BCUT2D eigenvalue weighted by molar-refractivity contribution is 0.104. The van der Waals surface area contributed by atoms with Crippen LogP contribution in [0.2, 0.25) is 10.0 Å². The van der Waals surface area contributed by atoms with Crippen LogP contribution in [-0.2, 0) is 0 Å². The number of nitrogens with one attached hydrogen (secondary N) is 1. The zero-order chi connectivity index (χ0) is 20.4. The summed E-state index contributed by atoms with van der Waals surface area (Å²) in [5, 5.41) is 1.67. The van der Waals surface area contributed by atoms with Gasteiger partial charge >= 0.3 is 0 Å². The van der Waals surface area contributed by atoms with E-state index in [2.05, 4.69) is 9.97 Å². The average molecular weight is 421 g/mol. The molecule has 0 saturated carbocycles. The van der Waals surface area contributed by atoms with E-state index >= 15 is 0 Å². The Morgan fingerprint density at radius 2 is 1.76 bits per heavy atom. The first-order valence-corrected chi connectivity index (χ1v) is 9.52. The number of pyridine rings is 2. The fourth-order valence-electron chi connectivity index (χ4n) is 3.18. The van der Waals surface area contributed by atoms with E-state index < -0.39 is 11.3 Å². The van der Waals surface area contributed by atoms with E-state index in [4.69, 9.17) is 23.2 Å². The van der Waals surface area contributed by atoms with Gasteiger partial charge in [-0.1, -0.05) is 53.5 Å². The molecule has 4 aromatic rings. The van der Waals surface area contributed by atoms with Crippen molar-refractivity contribution in [3.8, 4) is 11.1 Å². The van der Waals surface area contributed by atoms with Crippen LogP contribution in [0.1, 0.15) is 15.9 Å². The number of fused-ring (bicyclic) bond motifs is 1. The van der Waals surface area contributed by atoms with Gasteiger partial charge in [0.2, 0.25) is 0 Å². The molecule has 2 heterocycles. The topological polar surface area (TPSA) is 62.8 Å². The maximum Gasteiger partial charge on any atom is 0.260 e. The highest BCUT2D eigenvalue weighted by molar-refractivity contribution is 6.31. The summed E-state index contributed by atoms with van der Waals surface area (Å²) in [4.78, 5) is 32.7. The summed E-state index contributed by atoms with van der Waals surface area (Å²) >= 11 is 12.1. The van der Waals surface area contributed by atoms with Gasteiger partial charge in [0.05, 0.1) is 10.6 Å². The van der Waals surface area contributed by atoms with Gasteiger partial charge in [0.25, 0.3) is 5.56 Å². The number of allylic oxidation sites excluding steroid dienone is 1. The Morgan fingerprint density at radius 3 is 2.52 bits per heavy atom. The molecule has 0 saturated heterocycles. The van der Waals surface area contributed by atoms with E-state index in [9.17, 15) is 9.59 Å². The van der Waals surface area contributed by atoms with Crippen molar-refractivity contribution in [2.75, 3.05) is 0 Å². The van der Waals surface area contributed by atoms with Crippen molar-refractivity contribution in [3.05, 3.63) is 105 Å². The second-order valence-corrected chi connectivity index (χ2v) is 7.27. The number of rotatable bonds is 4. The first-order valence-electron chi connectivity index (χ1n) is 8.77. The molecule has 0 spiro atoms. The minimum atomic E-state index is -0.461. The first-order chi connectivity index (χ1) is 14.0. The summed E-state index contributed by atoms with van der Waals surface area (Å²) in [5.74, 6) is -0.424. The molecule has 0 bridgehead atoms. The molecule has 4 rings (SSSR count). The Balaban J connectivity index is 1.92. The number of carbonyl (C=O) groups is 1. The molecule has 29 heavy (non-hydrogen) atoms. The Kier molecular flexibility index (Phi) is 5.30. The monoisotopic (exact) mass is 420 g/mol. The lowest BCUT2D eigenvalue weighted by Gasteiger charge is -2.11. The van der Waals surface area contributed by atoms with Crippen LogP contribution in [0.3, 0.4) is 0 Å². The Labute approximate surface area is 176 Å². The minimum Gasteiger partial charge on any atom is -0.321 e. The van der Waals surface area contributed by atoms with Crippen LogP contribution in [-0.4, -0.2) is 15.8 Å². The number of hydrogen-bond donors (Lipinski definition) is 1. The van der Waals surface area contributed by atoms with Crippen LogP contribution in [0.15, 0.2) is 77.9 Å². The highest BCUT2D eigenvalue weighted by Gasteiger charge is 2.19. The predicted octanol–water partition coefficient (Wildman–Crippen LogP) is 5.79. The highest BCUT2D eigenvalue weighted by atomic mass is 35.5. The molecule has 4 nitrogen and oxygen atoms in total. The molecular formula is C23H14Cl2N2O2. The van der Waals surface area contributed by atoms with E-state index in [0.717, 1.165) is 5.56 Å². The molecule has 142 valence electrons. The number of ketones is 1. The van der Waals surface area contributed by atoms with Gasteiger partial charge in [-0.3, -0.25) is 14.6 Å². The molecule has 1 N–H and O–H groups in total. The van der Waals surface area contributed by atoms with Gasteiger partial charge in [-0.2, -0.15) is 0 Å². The molecular weight excluding hydrogens is 407 g/mol. The molecule has 0 aliphatic carbocycles. The summed E-state index contributed by atoms with van der Waals surface area (Å²) < 4.78 is 0. The maximum absolute atomic E-state index is 13.1. The van der Waals surface area contributed by atoms with E-state index in [1.54, 1.807) is 36.5 Å². The highest BCUT2D eigenvalue weighted by Crippen LogP contribution is 2.31. The van der Waals surface area contributed by atoms with Crippen molar-refractivity contribution in [1.82, 2.24) is 9.97 Å². The Hall–Kier alpha value is -3.21. The lowest BCUT2D eigenvalue weighted by atomic mass is 9.94. The van der Waals surface area contributed by atoms with Crippen LogP contribution in [0, 0.1) is 0 Å². The van der Waals surface area contributed by atoms with Gasteiger partial charge in [-0.15, -0.1) is 0 Å². The van der Waals surface area contributed by atoms with Gasteiger partial charge < -0.3 is 4.98 Å². The second-order valence-electron chi connectivity index (χ2n) is 6.39. The number of aromatic nitrogens is 2. The van der Waals surface area contributed by atoms with Crippen molar-refractivity contribution in [2.24, 2.45) is 0 Å². The van der Waals surface area contributed by atoms with E-state index in [-0.39, 0.29) is 5.56 Å². The molecule has 0 fully saturated rings. The summed E-state index contributed by atoms with van der Waals surface area (Å²) in [7, 11) is 0. The zero-order valence-electron chi connectivity index (χ0n) is 15.0. The van der Waals surface area contributed by atoms with Crippen LogP contribution in [0.25, 0.3) is 28.1 Å². The van der Waals surface area contributed by atoms with Crippen molar-refractivity contribution < 1.29 is 4.79 Å². The predicted molar refractivity (Wildman–Crippen MR) is 118 cm³/mol. The minimum absolute atomic E-state index is 0.0530. The molecule has 2 aromatic carbocycles. The van der Waals surface area contributed by atoms with Crippen molar-refractivity contribution in [3.63, 3.8) is 0 Å². The number of nitrogens with zero attached hydrogens (tertiary/aromatic N) is 1. The zero-order valence-corrected chi connectivity index (χ0v) is 16.5. The summed E-state index contributed by atoms with van der Waals surface area (Å²) in [5.41, 5.74) is 2.16. The van der Waals surface area contributed by atoms with Crippen LogP contribution in [0.5, 0.6) is 0 Å². The summed E-state index contributed by atoms with van der Waals surface area (Å²) in [6, 6.07) is 16.2. The Morgan fingerprint density at radius 1 is 0.966 bits per heavy atom. The molecule has 0 aliphatic rings. The first kappa shape index (κ1) is 19.1. The number of aromatic amines is 1. The average Bonchev–Trinajstić information content (AvgIpc) is 2.72. The third kappa shape index (κ3) is 3.99. The molecule has 2 aromatic heterocycles. The number of H-pyrrole nitrogens is 1. The SMILES string of the molecule is O=C(/C=C/c1cncc(Cl)c1)c1c(-c2ccccc2)c2cc(Cl)ccc2[nH]c1=O. The smallest absolute Gasteiger partial charge is 0.260 e. The van der Waals surface area contributed by atoms with Crippen LogP contribution in [0.4, 0.5) is 0 Å². The van der Waals surface area contributed by atoms with Crippen LogP contribution < -0.4 is 5.56 Å². The number of halogens is 2. The fourth-order valence-corrected chi connectivity index (χ4v) is 3.53. The third-order valence-corrected chi connectivity index (χ3v) is 4.88. The van der Waals surface area contributed by atoms with Crippen LogP contribution >= 0.6 is 23.2 Å². The fraction of sp³-hybridized carbons (Fsp3) is 0. The van der Waals surface area contributed by atoms with Crippen molar-refractivity contribution in [1.29, 1.82) is 0 Å². The molecule has 6 heteroatoms. The van der Waals surface area contributed by atoms with Gasteiger partial charge in [-0.05, 0) is 47.5 Å². The summed E-state index contributed by atoms with van der Waals surface area (Å²) in [6.45, 7) is 0. The molecule has 0 aliphatic heterocycles. The maximum atomic E-state index is 13.1. The number of carbonyl (C=O) groups excluding carboxylic acids is 1. The van der Waals surface area contributed by atoms with E-state index in [1.807, 2.05) is 30.3 Å². The van der Waals surface area contributed by atoms with E-state index in [1.165, 1.54) is 12.3 Å². The van der Waals surface area contributed by atoms with Gasteiger partial charge in [0.15, 0.2) is 5.78 Å². The van der Waals surface area contributed by atoms with E-state index in [0.29, 0.717) is 32.1 Å². The lowest BCUT2D eigenvalue weighted by Crippen LogP contribution is -2.18. The molecule has 0 radical (unpaired) electrons. The normalized spacial score (nSPS) is 11.2. The van der Waals surface area contributed by atoms with Gasteiger partial charge in [0, 0.05) is 33.9 Å². The largest absolute Gasteiger partial charge is 0.321 e. The van der Waals surface area contributed by atoms with Crippen molar-refractivity contribution in [2.45, 2.75) is 0 Å². The van der Waals surface area contributed by atoms with Gasteiger partial charge in [0.1, 0.15) is 0 Å². The summed E-state index contributed by atoms with van der Waals surface area (Å²) in [6.07, 6.45) is 6.02. The Bertz CT molecular complexity index is 1310. The second kappa shape index (κ2) is 8.03.